The molecule has 0 saturated carbocycles. The Morgan fingerprint density at radius 3 is 2.55 bits per heavy atom. The normalized spacial score (nSPS) is 13.3. The Kier molecular flexibility index (Phi) is 6.29. The highest BCUT2D eigenvalue weighted by atomic mass is 19.4. The molecule has 0 heterocycles. The van der Waals surface area contributed by atoms with E-state index in [9.17, 15) is 13.2 Å². The molecule has 1 atom stereocenters. The predicted octanol–water partition coefficient (Wildman–Crippen LogP) is 3.14. The predicted molar refractivity (Wildman–Crippen MR) is 70.7 cm³/mol. The molecule has 0 saturated heterocycles. The number of hydrogen-bond donors (Lipinski definition) is 2. The van der Waals surface area contributed by atoms with Gasteiger partial charge in [0.05, 0.1) is 12.2 Å². The highest BCUT2D eigenvalue weighted by molar-refractivity contribution is 5.40. The SMILES string of the molecule is CCCOc1ccc(C(F)(F)F)cc1C(CCO)NC. The molecular weight excluding hydrogens is 271 g/mol. The molecule has 1 aromatic carbocycles. The van der Waals surface area contributed by atoms with Crippen molar-refractivity contribution in [2.45, 2.75) is 32.0 Å². The molecule has 0 aliphatic heterocycles. The fraction of sp³-hybridized carbons (Fsp3) is 0.571. The maximum absolute atomic E-state index is 12.8. The summed E-state index contributed by atoms with van der Waals surface area (Å²) in [6.07, 6.45) is -3.31. The lowest BCUT2D eigenvalue weighted by Gasteiger charge is -2.21. The maximum Gasteiger partial charge on any atom is 0.416 e. The van der Waals surface area contributed by atoms with Gasteiger partial charge in [-0.05, 0) is 38.1 Å². The van der Waals surface area contributed by atoms with Crippen LogP contribution in [0.1, 0.15) is 36.9 Å². The zero-order valence-corrected chi connectivity index (χ0v) is 11.6. The average molecular weight is 291 g/mol. The Morgan fingerprint density at radius 2 is 2.05 bits per heavy atom. The summed E-state index contributed by atoms with van der Waals surface area (Å²) in [6, 6.07) is 3.06. The van der Waals surface area contributed by atoms with Gasteiger partial charge >= 0.3 is 6.18 Å². The molecule has 0 radical (unpaired) electrons. The van der Waals surface area contributed by atoms with Crippen LogP contribution < -0.4 is 10.1 Å². The lowest BCUT2D eigenvalue weighted by atomic mass is 10.00. The van der Waals surface area contributed by atoms with E-state index in [1.807, 2.05) is 6.92 Å². The number of nitrogens with one attached hydrogen (secondary N) is 1. The van der Waals surface area contributed by atoms with Crippen molar-refractivity contribution in [3.05, 3.63) is 29.3 Å². The standard InChI is InChI=1S/C14H20F3NO2/c1-3-8-20-13-5-4-10(14(15,16)17)9-11(13)12(18-2)6-7-19/h4-5,9,12,18-19H,3,6-8H2,1-2H3. The van der Waals surface area contributed by atoms with E-state index in [4.69, 9.17) is 9.84 Å². The molecule has 1 rings (SSSR count). The van der Waals surface area contributed by atoms with Gasteiger partial charge in [-0.2, -0.15) is 13.2 Å². The van der Waals surface area contributed by atoms with E-state index in [0.717, 1.165) is 18.6 Å². The van der Waals surface area contributed by atoms with E-state index in [0.29, 0.717) is 24.3 Å². The first kappa shape index (κ1) is 16.8. The maximum atomic E-state index is 12.8. The minimum absolute atomic E-state index is 0.116. The van der Waals surface area contributed by atoms with Gasteiger partial charge in [0.25, 0.3) is 0 Å². The van der Waals surface area contributed by atoms with Gasteiger partial charge in [-0.1, -0.05) is 6.92 Å². The summed E-state index contributed by atoms with van der Waals surface area (Å²) in [5.41, 5.74) is -0.292. The molecule has 0 aromatic heterocycles. The molecule has 1 aromatic rings. The molecule has 0 fully saturated rings. The van der Waals surface area contributed by atoms with Crippen LogP contribution in [0, 0.1) is 0 Å². The largest absolute Gasteiger partial charge is 0.493 e. The Labute approximate surface area is 116 Å². The van der Waals surface area contributed by atoms with E-state index in [2.05, 4.69) is 5.32 Å². The Hall–Kier alpha value is -1.27. The van der Waals surface area contributed by atoms with Gasteiger partial charge in [0, 0.05) is 18.2 Å². The van der Waals surface area contributed by atoms with Crippen LogP contribution in [0.2, 0.25) is 0 Å². The molecule has 1 unspecified atom stereocenters. The number of ether oxygens (including phenoxy) is 1. The summed E-state index contributed by atoms with van der Waals surface area (Å²) in [6.45, 7) is 2.25. The fourth-order valence-electron chi connectivity index (χ4n) is 1.93. The van der Waals surface area contributed by atoms with Crippen molar-refractivity contribution in [3.8, 4) is 5.75 Å². The van der Waals surface area contributed by atoms with Crippen molar-refractivity contribution in [1.29, 1.82) is 0 Å². The van der Waals surface area contributed by atoms with Gasteiger partial charge in [-0.3, -0.25) is 0 Å². The van der Waals surface area contributed by atoms with Gasteiger partial charge in [-0.25, -0.2) is 0 Å². The lowest BCUT2D eigenvalue weighted by Crippen LogP contribution is -2.20. The molecule has 0 aliphatic carbocycles. The van der Waals surface area contributed by atoms with E-state index in [1.165, 1.54) is 6.07 Å². The summed E-state index contributed by atoms with van der Waals surface area (Å²) in [4.78, 5) is 0. The lowest BCUT2D eigenvalue weighted by molar-refractivity contribution is -0.137. The zero-order chi connectivity index (χ0) is 15.2. The van der Waals surface area contributed by atoms with Crippen molar-refractivity contribution in [2.75, 3.05) is 20.3 Å². The van der Waals surface area contributed by atoms with Crippen molar-refractivity contribution in [1.82, 2.24) is 5.32 Å². The van der Waals surface area contributed by atoms with Crippen molar-refractivity contribution < 1.29 is 23.0 Å². The van der Waals surface area contributed by atoms with Gasteiger partial charge in [0.1, 0.15) is 5.75 Å². The van der Waals surface area contributed by atoms with Crippen LogP contribution in [0.5, 0.6) is 5.75 Å². The van der Waals surface area contributed by atoms with Crippen molar-refractivity contribution in [3.63, 3.8) is 0 Å². The summed E-state index contributed by atoms with van der Waals surface area (Å²) >= 11 is 0. The molecule has 0 bridgehead atoms. The molecule has 0 aliphatic rings. The van der Waals surface area contributed by atoms with E-state index < -0.39 is 11.7 Å². The third-order valence-electron chi connectivity index (χ3n) is 2.94. The molecule has 20 heavy (non-hydrogen) atoms. The third-order valence-corrected chi connectivity index (χ3v) is 2.94. The number of benzene rings is 1. The number of hydrogen-bond acceptors (Lipinski definition) is 3. The van der Waals surface area contributed by atoms with Gasteiger partial charge in [-0.15, -0.1) is 0 Å². The fourth-order valence-corrected chi connectivity index (χ4v) is 1.93. The quantitative estimate of drug-likeness (QED) is 0.811. The molecule has 114 valence electrons. The highest BCUT2D eigenvalue weighted by Gasteiger charge is 2.32. The van der Waals surface area contributed by atoms with Gasteiger partial charge in [0.15, 0.2) is 0 Å². The van der Waals surface area contributed by atoms with Crippen LogP contribution in [-0.2, 0) is 6.18 Å². The van der Waals surface area contributed by atoms with Crippen LogP contribution >= 0.6 is 0 Å². The van der Waals surface area contributed by atoms with Crippen LogP contribution in [0.15, 0.2) is 18.2 Å². The number of rotatable bonds is 7. The third kappa shape index (κ3) is 4.38. The monoisotopic (exact) mass is 291 g/mol. The van der Waals surface area contributed by atoms with Gasteiger partial charge in [0.2, 0.25) is 0 Å². The first-order valence-electron chi connectivity index (χ1n) is 6.56. The van der Waals surface area contributed by atoms with E-state index in [1.54, 1.807) is 7.05 Å². The second kappa shape index (κ2) is 7.50. The van der Waals surface area contributed by atoms with Gasteiger partial charge < -0.3 is 15.2 Å². The second-order valence-electron chi connectivity index (χ2n) is 4.45. The molecule has 6 heteroatoms. The first-order valence-corrected chi connectivity index (χ1v) is 6.56. The zero-order valence-electron chi connectivity index (χ0n) is 11.6. The van der Waals surface area contributed by atoms with E-state index in [-0.39, 0.29) is 12.6 Å². The highest BCUT2D eigenvalue weighted by Crippen LogP contribution is 2.35. The molecule has 0 amide bonds. The van der Waals surface area contributed by atoms with Crippen LogP contribution in [-0.4, -0.2) is 25.4 Å². The molecular formula is C14H20F3NO2. The smallest absolute Gasteiger partial charge is 0.416 e. The number of aliphatic hydroxyl groups is 1. The second-order valence-corrected chi connectivity index (χ2v) is 4.45. The average Bonchev–Trinajstić information content (AvgIpc) is 2.41. The van der Waals surface area contributed by atoms with Crippen LogP contribution in [0.3, 0.4) is 0 Å². The minimum Gasteiger partial charge on any atom is -0.493 e. The molecule has 2 N–H and O–H groups in total. The molecule has 3 nitrogen and oxygen atoms in total. The van der Waals surface area contributed by atoms with Crippen molar-refractivity contribution in [2.24, 2.45) is 0 Å². The number of aliphatic hydroxyl groups excluding tert-OH is 1. The topological polar surface area (TPSA) is 41.5 Å². The number of alkyl halides is 3. The van der Waals surface area contributed by atoms with Crippen LogP contribution in [0.4, 0.5) is 13.2 Å². The summed E-state index contributed by atoms with van der Waals surface area (Å²) in [5.74, 6) is 0.424. The summed E-state index contributed by atoms with van der Waals surface area (Å²) in [5, 5.41) is 11.9. The Morgan fingerprint density at radius 1 is 1.35 bits per heavy atom. The Balaban J connectivity index is 3.17. The minimum atomic E-state index is -4.39. The summed E-state index contributed by atoms with van der Waals surface area (Å²) in [7, 11) is 1.64. The molecule has 0 spiro atoms. The summed E-state index contributed by atoms with van der Waals surface area (Å²) < 4.78 is 43.9. The van der Waals surface area contributed by atoms with E-state index >= 15 is 0 Å². The Bertz CT molecular complexity index is 421. The van der Waals surface area contributed by atoms with Crippen molar-refractivity contribution >= 4 is 0 Å². The number of halogens is 3. The first-order chi connectivity index (χ1) is 9.43. The van der Waals surface area contributed by atoms with Crippen LogP contribution in [0.25, 0.3) is 0 Å².